The maximum Gasteiger partial charge on any atom is 0.270 e. The number of nitrogens with zero attached hydrogens (tertiary/aromatic N) is 3. The number of aryl methyl sites for hydroxylation is 1. The van der Waals surface area contributed by atoms with Gasteiger partial charge < -0.3 is 9.72 Å². The minimum absolute atomic E-state index is 0.253. The fourth-order valence-corrected chi connectivity index (χ4v) is 2.42. The highest BCUT2D eigenvalue weighted by atomic mass is 16.5. The van der Waals surface area contributed by atoms with Gasteiger partial charge in [-0.15, -0.1) is 0 Å². The number of rotatable bonds is 2. The van der Waals surface area contributed by atoms with Crippen molar-refractivity contribution >= 4 is 22.1 Å². The second-order valence-electron chi connectivity index (χ2n) is 5.09. The maximum absolute atomic E-state index is 11.7. The van der Waals surface area contributed by atoms with E-state index >= 15 is 0 Å². The van der Waals surface area contributed by atoms with E-state index in [-0.39, 0.29) is 5.56 Å². The summed E-state index contributed by atoms with van der Waals surface area (Å²) in [6.45, 7) is 1.65. The third-order valence-corrected chi connectivity index (χ3v) is 3.55. The van der Waals surface area contributed by atoms with Crippen molar-refractivity contribution in [2.75, 3.05) is 0 Å². The molecule has 0 fully saturated rings. The van der Waals surface area contributed by atoms with Crippen molar-refractivity contribution in [3.8, 4) is 11.5 Å². The molecule has 4 rings (SSSR count). The predicted molar refractivity (Wildman–Crippen MR) is 86.7 cm³/mol. The lowest BCUT2D eigenvalue weighted by atomic mass is 10.2. The molecule has 0 aliphatic rings. The Bertz CT molecular complexity index is 1080. The van der Waals surface area contributed by atoms with Gasteiger partial charge in [0.25, 0.3) is 5.56 Å². The largest absolute Gasteiger partial charge is 0.454 e. The number of hydrogen-bond acceptors (Lipinski definition) is 5. The number of benzene rings is 1. The van der Waals surface area contributed by atoms with Crippen molar-refractivity contribution in [2.24, 2.45) is 0 Å². The van der Waals surface area contributed by atoms with E-state index in [4.69, 9.17) is 4.74 Å². The summed E-state index contributed by atoms with van der Waals surface area (Å²) >= 11 is 0. The van der Waals surface area contributed by atoms with Crippen molar-refractivity contribution in [2.45, 2.75) is 6.92 Å². The highest BCUT2D eigenvalue weighted by molar-refractivity contribution is 5.86. The molecule has 0 aliphatic carbocycles. The summed E-state index contributed by atoms with van der Waals surface area (Å²) in [5.41, 5.74) is 1.88. The summed E-state index contributed by atoms with van der Waals surface area (Å²) in [6, 6.07) is 11.2. The Hall–Kier alpha value is -3.28. The Morgan fingerprint density at radius 1 is 1.00 bits per heavy atom. The first-order valence-electron chi connectivity index (χ1n) is 7.09. The Labute approximate surface area is 130 Å². The molecule has 0 amide bonds. The lowest BCUT2D eigenvalue weighted by Crippen LogP contribution is -2.12. The van der Waals surface area contributed by atoms with Crippen LogP contribution in [0.25, 0.3) is 22.1 Å². The van der Waals surface area contributed by atoms with Crippen LogP contribution in [0.5, 0.6) is 11.5 Å². The van der Waals surface area contributed by atoms with Crippen LogP contribution in [-0.2, 0) is 0 Å². The molecule has 0 atom stereocenters. The first-order valence-corrected chi connectivity index (χ1v) is 7.09. The Morgan fingerprint density at radius 3 is 2.83 bits per heavy atom. The number of ether oxygens (including phenoxy) is 1. The highest BCUT2D eigenvalue weighted by Crippen LogP contribution is 2.31. The topological polar surface area (TPSA) is 80.8 Å². The molecular formula is C17H12N4O2. The molecule has 0 aliphatic heterocycles. The summed E-state index contributed by atoms with van der Waals surface area (Å²) in [5, 5.41) is 0.904. The predicted octanol–water partition coefficient (Wildman–Crippen LogP) is 2.97. The number of fused-ring (bicyclic) bond motifs is 2. The second-order valence-corrected chi connectivity index (χ2v) is 5.09. The quantitative estimate of drug-likeness (QED) is 0.616. The van der Waals surface area contributed by atoms with Crippen LogP contribution in [0.4, 0.5) is 0 Å². The van der Waals surface area contributed by atoms with Crippen LogP contribution in [0.3, 0.4) is 0 Å². The van der Waals surface area contributed by atoms with Gasteiger partial charge in [-0.05, 0) is 31.2 Å². The zero-order valence-corrected chi connectivity index (χ0v) is 12.3. The van der Waals surface area contributed by atoms with E-state index in [1.807, 2.05) is 30.3 Å². The number of hydrogen-bond donors (Lipinski definition) is 1. The average molecular weight is 304 g/mol. The van der Waals surface area contributed by atoms with Crippen LogP contribution < -0.4 is 10.3 Å². The fraction of sp³-hybridized carbons (Fsp3) is 0.0588. The van der Waals surface area contributed by atoms with Crippen molar-refractivity contribution < 1.29 is 4.74 Å². The molecule has 0 unspecified atom stereocenters. The molecule has 4 aromatic rings. The van der Waals surface area contributed by atoms with Crippen LogP contribution in [0.15, 0.2) is 53.6 Å². The SMILES string of the molecule is Cc1nc2c(Oc3cccc4ncccc34)ccnc2[nH]c1=O. The van der Waals surface area contributed by atoms with Crippen LogP contribution in [-0.4, -0.2) is 19.9 Å². The smallest absolute Gasteiger partial charge is 0.270 e. The van der Waals surface area contributed by atoms with Crippen LogP contribution in [0.2, 0.25) is 0 Å². The molecule has 6 heteroatoms. The van der Waals surface area contributed by atoms with E-state index < -0.39 is 0 Å². The Balaban J connectivity index is 1.90. The lowest BCUT2D eigenvalue weighted by molar-refractivity contribution is 0.492. The normalized spacial score (nSPS) is 11.0. The van der Waals surface area contributed by atoms with E-state index in [1.165, 1.54) is 0 Å². The number of H-pyrrole nitrogens is 1. The molecule has 0 saturated carbocycles. The first-order chi connectivity index (χ1) is 11.2. The van der Waals surface area contributed by atoms with E-state index in [2.05, 4.69) is 19.9 Å². The van der Waals surface area contributed by atoms with E-state index in [1.54, 1.807) is 25.4 Å². The molecule has 0 radical (unpaired) electrons. The van der Waals surface area contributed by atoms with Gasteiger partial charge in [-0.1, -0.05) is 6.07 Å². The van der Waals surface area contributed by atoms with Crippen LogP contribution >= 0.6 is 0 Å². The number of pyridine rings is 2. The third kappa shape index (κ3) is 2.30. The molecule has 1 N–H and O–H groups in total. The number of aromatic amines is 1. The Kier molecular flexibility index (Phi) is 3.01. The maximum atomic E-state index is 11.7. The van der Waals surface area contributed by atoms with E-state index in [0.717, 1.165) is 10.9 Å². The molecule has 23 heavy (non-hydrogen) atoms. The minimum Gasteiger partial charge on any atom is -0.454 e. The van der Waals surface area contributed by atoms with Gasteiger partial charge in [0.1, 0.15) is 17.0 Å². The Morgan fingerprint density at radius 2 is 1.91 bits per heavy atom. The van der Waals surface area contributed by atoms with Crippen molar-refractivity contribution in [1.82, 2.24) is 19.9 Å². The molecule has 0 spiro atoms. The van der Waals surface area contributed by atoms with Gasteiger partial charge in [0.15, 0.2) is 11.4 Å². The van der Waals surface area contributed by atoms with E-state index in [9.17, 15) is 4.79 Å². The van der Waals surface area contributed by atoms with Gasteiger partial charge in [0.05, 0.1) is 5.52 Å². The second kappa shape index (κ2) is 5.17. The molecule has 3 heterocycles. The van der Waals surface area contributed by atoms with Gasteiger partial charge in [-0.2, -0.15) is 0 Å². The summed E-state index contributed by atoms with van der Waals surface area (Å²) < 4.78 is 6.04. The van der Waals surface area contributed by atoms with Crippen molar-refractivity contribution in [1.29, 1.82) is 0 Å². The van der Waals surface area contributed by atoms with Crippen LogP contribution in [0.1, 0.15) is 5.69 Å². The summed E-state index contributed by atoms with van der Waals surface area (Å²) in [6.07, 6.45) is 3.32. The third-order valence-electron chi connectivity index (χ3n) is 3.55. The molecular weight excluding hydrogens is 292 g/mol. The first kappa shape index (κ1) is 13.4. The molecule has 6 nitrogen and oxygen atoms in total. The monoisotopic (exact) mass is 304 g/mol. The van der Waals surface area contributed by atoms with Gasteiger partial charge in [-0.25, -0.2) is 9.97 Å². The number of aromatic nitrogens is 4. The summed E-state index contributed by atoms with van der Waals surface area (Å²) in [7, 11) is 0. The fourth-order valence-electron chi connectivity index (χ4n) is 2.42. The molecule has 0 saturated heterocycles. The lowest BCUT2D eigenvalue weighted by Gasteiger charge is -2.10. The molecule has 112 valence electrons. The average Bonchev–Trinajstić information content (AvgIpc) is 2.57. The molecule has 0 bridgehead atoms. The highest BCUT2D eigenvalue weighted by Gasteiger charge is 2.10. The van der Waals surface area contributed by atoms with Gasteiger partial charge in [-0.3, -0.25) is 9.78 Å². The minimum atomic E-state index is -0.253. The zero-order chi connectivity index (χ0) is 15.8. The molecule has 1 aromatic carbocycles. The summed E-state index contributed by atoms with van der Waals surface area (Å²) in [5.74, 6) is 1.21. The standard InChI is InChI=1S/C17H12N4O2/c1-10-17(22)21-16-15(20-10)14(7-9-19-16)23-13-6-2-5-12-11(13)4-3-8-18-12/h2-9H,1H3,(H,19,21,22). The van der Waals surface area contributed by atoms with Gasteiger partial charge in [0, 0.05) is 23.8 Å². The van der Waals surface area contributed by atoms with E-state index in [0.29, 0.717) is 28.4 Å². The van der Waals surface area contributed by atoms with Crippen molar-refractivity contribution in [3.63, 3.8) is 0 Å². The van der Waals surface area contributed by atoms with Crippen molar-refractivity contribution in [3.05, 3.63) is 64.8 Å². The molecule has 3 aromatic heterocycles. The van der Waals surface area contributed by atoms with Crippen LogP contribution in [0, 0.1) is 6.92 Å². The summed E-state index contributed by atoms with van der Waals surface area (Å²) in [4.78, 5) is 27.1. The van der Waals surface area contributed by atoms with Gasteiger partial charge in [0.2, 0.25) is 0 Å². The zero-order valence-electron chi connectivity index (χ0n) is 12.3. The van der Waals surface area contributed by atoms with Gasteiger partial charge >= 0.3 is 0 Å². The number of nitrogens with one attached hydrogen (secondary N) is 1.